The van der Waals surface area contributed by atoms with Gasteiger partial charge in [-0.2, -0.15) is 0 Å². The number of hydrogen-bond acceptors (Lipinski definition) is 1. The molecule has 0 saturated carbocycles. The molecule has 3 heteroatoms. The van der Waals surface area contributed by atoms with Crippen molar-refractivity contribution >= 4 is 33.8 Å². The Morgan fingerprint density at radius 1 is 1.09 bits per heavy atom. The third kappa shape index (κ3) is 1.94. The largest absolute Gasteiger partial charge is 0.361 e. The summed E-state index contributed by atoms with van der Waals surface area (Å²) in [5, 5.41) is 1.28. The van der Waals surface area contributed by atoms with Crippen molar-refractivity contribution in [2.75, 3.05) is 0 Å². The predicted molar refractivity (Wildman–Crippen MR) is 56.5 cm³/mol. The van der Waals surface area contributed by atoms with E-state index in [0.717, 1.165) is 0 Å². The van der Waals surface area contributed by atoms with Crippen LogP contribution in [-0.2, 0) is 0 Å². The highest BCUT2D eigenvalue weighted by molar-refractivity contribution is 14.1. The Bertz CT molecular complexity index is 286. The molecule has 1 aromatic heterocycles. The minimum atomic E-state index is 1.21. The van der Waals surface area contributed by atoms with Gasteiger partial charge in [0.15, 0.2) is 0 Å². The SMILES string of the molecule is NI.c1ccc2[nH]ccc2c1. The molecule has 0 atom stereocenters. The van der Waals surface area contributed by atoms with Crippen LogP contribution in [0.2, 0.25) is 0 Å². The molecule has 0 bridgehead atoms. The van der Waals surface area contributed by atoms with Crippen molar-refractivity contribution in [3.8, 4) is 0 Å². The molecule has 2 aromatic rings. The Hall–Kier alpha value is -0.550. The van der Waals surface area contributed by atoms with Crippen LogP contribution in [-0.4, -0.2) is 4.98 Å². The number of H-pyrrole nitrogens is 1. The lowest BCUT2D eigenvalue weighted by Gasteiger charge is -1.83. The third-order valence-corrected chi connectivity index (χ3v) is 1.46. The zero-order valence-electron chi connectivity index (χ0n) is 5.92. The highest BCUT2D eigenvalue weighted by Gasteiger charge is 1.86. The number of benzene rings is 1. The number of aromatic nitrogens is 1. The second-order valence-corrected chi connectivity index (χ2v) is 2.06. The van der Waals surface area contributed by atoms with E-state index in [0.29, 0.717) is 0 Å². The second-order valence-electron chi connectivity index (χ2n) is 2.06. The van der Waals surface area contributed by atoms with Crippen LogP contribution < -0.4 is 3.95 Å². The van der Waals surface area contributed by atoms with Crippen molar-refractivity contribution in [1.29, 1.82) is 0 Å². The first-order valence-corrected chi connectivity index (χ1v) is 4.45. The van der Waals surface area contributed by atoms with Crippen molar-refractivity contribution < 1.29 is 0 Å². The first kappa shape index (κ1) is 8.55. The van der Waals surface area contributed by atoms with Crippen LogP contribution >= 0.6 is 22.9 Å². The van der Waals surface area contributed by atoms with Crippen molar-refractivity contribution in [3.63, 3.8) is 0 Å². The Morgan fingerprint density at radius 2 is 1.82 bits per heavy atom. The summed E-state index contributed by atoms with van der Waals surface area (Å²) in [5.74, 6) is 0. The lowest BCUT2D eigenvalue weighted by atomic mass is 10.3. The molecular formula is C8H9IN2. The van der Waals surface area contributed by atoms with Gasteiger partial charge in [-0.05, 0) is 17.5 Å². The normalized spacial score (nSPS) is 8.91. The van der Waals surface area contributed by atoms with Gasteiger partial charge < -0.3 is 4.98 Å². The van der Waals surface area contributed by atoms with E-state index in [9.17, 15) is 0 Å². The molecule has 58 valence electrons. The van der Waals surface area contributed by atoms with Crippen molar-refractivity contribution in [2.45, 2.75) is 0 Å². The van der Waals surface area contributed by atoms with E-state index in [4.69, 9.17) is 0 Å². The minimum absolute atomic E-state index is 1.21. The number of aromatic amines is 1. The summed E-state index contributed by atoms with van der Waals surface area (Å²) in [6.45, 7) is 0. The zero-order valence-corrected chi connectivity index (χ0v) is 8.08. The van der Waals surface area contributed by atoms with Crippen molar-refractivity contribution in [2.24, 2.45) is 3.95 Å². The maximum absolute atomic E-state index is 4.47. The number of fused-ring (bicyclic) bond motifs is 1. The first-order valence-electron chi connectivity index (χ1n) is 3.21. The molecule has 0 unspecified atom stereocenters. The standard InChI is InChI=1S/C8H7N.H2IN/c1-2-4-8-7(3-1)5-6-9-8;1-2/h1-6,9H;2H2. The molecule has 0 saturated heterocycles. The number of rotatable bonds is 0. The first-order chi connectivity index (χ1) is 5.47. The number of nitrogens with one attached hydrogen (secondary N) is 1. The molecule has 0 radical (unpaired) electrons. The van der Waals surface area contributed by atoms with Crippen LogP contribution in [0.1, 0.15) is 0 Å². The summed E-state index contributed by atoms with van der Waals surface area (Å²) >= 11 is 1.65. The molecule has 1 aromatic carbocycles. The lowest BCUT2D eigenvalue weighted by Crippen LogP contribution is -1.61. The van der Waals surface area contributed by atoms with E-state index in [1.165, 1.54) is 10.9 Å². The zero-order chi connectivity index (χ0) is 8.10. The third-order valence-electron chi connectivity index (χ3n) is 1.46. The number of halogens is 1. The van der Waals surface area contributed by atoms with E-state index >= 15 is 0 Å². The van der Waals surface area contributed by atoms with Crippen LogP contribution in [0.4, 0.5) is 0 Å². The van der Waals surface area contributed by atoms with Gasteiger partial charge in [0, 0.05) is 34.6 Å². The fourth-order valence-electron chi connectivity index (χ4n) is 0.995. The van der Waals surface area contributed by atoms with E-state index in [-0.39, 0.29) is 0 Å². The van der Waals surface area contributed by atoms with Gasteiger partial charge in [-0.3, -0.25) is 3.95 Å². The van der Waals surface area contributed by atoms with E-state index in [1.807, 2.05) is 18.3 Å². The molecular weight excluding hydrogens is 251 g/mol. The van der Waals surface area contributed by atoms with Crippen molar-refractivity contribution in [1.82, 2.24) is 4.98 Å². The number of hydrogen-bond donors (Lipinski definition) is 2. The highest BCUT2D eigenvalue weighted by atomic mass is 127. The predicted octanol–water partition coefficient (Wildman–Crippen LogP) is 2.46. The van der Waals surface area contributed by atoms with Crippen LogP contribution in [0.3, 0.4) is 0 Å². The summed E-state index contributed by atoms with van der Waals surface area (Å²) in [5.41, 5.74) is 1.21. The van der Waals surface area contributed by atoms with E-state index < -0.39 is 0 Å². The average molecular weight is 260 g/mol. The molecule has 0 fully saturated rings. The summed E-state index contributed by atoms with van der Waals surface area (Å²) in [6.07, 6.45) is 1.95. The summed E-state index contributed by atoms with van der Waals surface area (Å²) < 4.78 is 4.47. The lowest BCUT2D eigenvalue weighted by molar-refractivity contribution is 1.48. The fourth-order valence-corrected chi connectivity index (χ4v) is 0.995. The molecule has 0 aliphatic rings. The van der Waals surface area contributed by atoms with Gasteiger partial charge in [-0.1, -0.05) is 18.2 Å². The molecule has 3 N–H and O–H groups in total. The smallest absolute Gasteiger partial charge is 0.0453 e. The quantitative estimate of drug-likeness (QED) is 0.554. The van der Waals surface area contributed by atoms with Gasteiger partial charge in [0.05, 0.1) is 0 Å². The highest BCUT2D eigenvalue weighted by Crippen LogP contribution is 2.09. The molecule has 0 spiro atoms. The Balaban J connectivity index is 0.000000281. The van der Waals surface area contributed by atoms with Crippen LogP contribution in [0.5, 0.6) is 0 Å². The molecule has 0 amide bonds. The molecule has 2 rings (SSSR count). The van der Waals surface area contributed by atoms with Gasteiger partial charge in [-0.25, -0.2) is 0 Å². The summed E-state index contributed by atoms with van der Waals surface area (Å²) in [6, 6.07) is 10.3. The monoisotopic (exact) mass is 260 g/mol. The molecule has 2 nitrogen and oxygen atoms in total. The van der Waals surface area contributed by atoms with Crippen LogP contribution in [0, 0.1) is 0 Å². The topological polar surface area (TPSA) is 41.8 Å². The molecule has 1 heterocycles. The van der Waals surface area contributed by atoms with Crippen LogP contribution in [0.15, 0.2) is 36.5 Å². The van der Waals surface area contributed by atoms with Gasteiger partial charge >= 0.3 is 0 Å². The summed E-state index contributed by atoms with van der Waals surface area (Å²) in [4.78, 5) is 3.12. The van der Waals surface area contributed by atoms with Gasteiger partial charge in [-0.15, -0.1) is 0 Å². The maximum atomic E-state index is 4.47. The van der Waals surface area contributed by atoms with E-state index in [2.05, 4.69) is 27.1 Å². The molecule has 0 aliphatic heterocycles. The fraction of sp³-hybridized carbons (Fsp3) is 0. The molecule has 0 aliphatic carbocycles. The number of nitrogens with two attached hydrogens (primary N) is 1. The Kier molecular flexibility index (Phi) is 3.38. The maximum Gasteiger partial charge on any atom is 0.0453 e. The van der Waals surface area contributed by atoms with Crippen LogP contribution in [0.25, 0.3) is 10.9 Å². The second kappa shape index (κ2) is 4.35. The molecule has 11 heavy (non-hydrogen) atoms. The van der Waals surface area contributed by atoms with Crippen molar-refractivity contribution in [3.05, 3.63) is 36.5 Å². The Labute approximate surface area is 79.3 Å². The Morgan fingerprint density at radius 3 is 2.55 bits per heavy atom. The average Bonchev–Trinajstić information content (AvgIpc) is 2.55. The van der Waals surface area contributed by atoms with Gasteiger partial charge in [0.25, 0.3) is 0 Å². The van der Waals surface area contributed by atoms with Gasteiger partial charge in [0.2, 0.25) is 0 Å². The minimum Gasteiger partial charge on any atom is -0.361 e. The number of para-hydroxylation sites is 1. The van der Waals surface area contributed by atoms with Gasteiger partial charge in [0.1, 0.15) is 0 Å². The van der Waals surface area contributed by atoms with E-state index in [1.54, 1.807) is 22.9 Å². The summed E-state index contributed by atoms with van der Waals surface area (Å²) in [7, 11) is 0.